The molecule has 16 heteroatoms. The number of rotatable bonds is 16. The van der Waals surface area contributed by atoms with Gasteiger partial charge in [0.05, 0.1) is 43.7 Å². The molecule has 94 heavy (non-hydrogen) atoms. The van der Waals surface area contributed by atoms with Gasteiger partial charge in [-0.2, -0.15) is 18.2 Å². The molecule has 4 saturated carbocycles. The summed E-state index contributed by atoms with van der Waals surface area (Å²) in [6, 6.07) is 57.9. The van der Waals surface area contributed by atoms with E-state index in [0.717, 1.165) is 102 Å². The van der Waals surface area contributed by atoms with Crippen LogP contribution in [0.15, 0.2) is 158 Å². The first-order valence-electron chi connectivity index (χ1n) is 33.6. The van der Waals surface area contributed by atoms with Crippen LogP contribution in [-0.4, -0.2) is 91.5 Å². The average Bonchev–Trinajstić information content (AvgIpc) is 1.60. The van der Waals surface area contributed by atoms with E-state index in [9.17, 15) is 9.59 Å². The van der Waals surface area contributed by atoms with Crippen LogP contribution < -0.4 is 24.8 Å². The second kappa shape index (κ2) is 48.3. The Morgan fingerprint density at radius 2 is 1.07 bits per heavy atom. The number of carbonyl (C=O) groups is 2. The van der Waals surface area contributed by atoms with Crippen LogP contribution >= 0.6 is 59.4 Å². The van der Waals surface area contributed by atoms with Crippen molar-refractivity contribution in [2.24, 2.45) is 11.8 Å². The van der Waals surface area contributed by atoms with E-state index >= 15 is 0 Å². The molecule has 0 N–H and O–H groups in total. The first kappa shape index (κ1) is 85.8. The molecular formula is C78H114ClFeN2NiO5P6. The molecule has 6 aromatic carbocycles. The van der Waals surface area contributed by atoms with E-state index in [4.69, 9.17) is 14.2 Å². The van der Waals surface area contributed by atoms with E-state index in [1.54, 1.807) is 70.1 Å². The Morgan fingerprint density at radius 1 is 0.585 bits per heavy atom. The first-order valence-corrected chi connectivity index (χ1v) is 45.0. The van der Waals surface area contributed by atoms with Crippen LogP contribution in [0, 0.1) is 39.7 Å². The van der Waals surface area contributed by atoms with Crippen LogP contribution in [-0.2, 0) is 46.6 Å². The molecule has 0 spiro atoms. The Morgan fingerprint density at radius 3 is 1.55 bits per heavy atom. The van der Waals surface area contributed by atoms with Crippen LogP contribution in [0.25, 0.3) is 11.1 Å². The van der Waals surface area contributed by atoms with Crippen LogP contribution in [0.2, 0.25) is 0 Å². The summed E-state index contributed by atoms with van der Waals surface area (Å²) in [5.74, 6) is 4.45. The maximum Gasteiger partial charge on any atom is 2.00 e. The van der Waals surface area contributed by atoms with E-state index in [-0.39, 0.29) is 59.1 Å². The fourth-order valence-corrected chi connectivity index (χ4v) is 27.4. The minimum atomic E-state index is -0.374. The molecule has 7 nitrogen and oxygen atoms in total. The molecule has 0 bridgehead atoms. The number of hydrogen-bond acceptors (Lipinski definition) is 5. The minimum absolute atomic E-state index is 0. The van der Waals surface area contributed by atoms with Crippen molar-refractivity contribution in [1.82, 2.24) is 9.34 Å². The van der Waals surface area contributed by atoms with Crippen molar-refractivity contribution in [3.05, 3.63) is 190 Å². The van der Waals surface area contributed by atoms with Gasteiger partial charge in [0.1, 0.15) is 11.5 Å². The van der Waals surface area contributed by atoms with Crippen molar-refractivity contribution in [2.75, 3.05) is 47.7 Å². The summed E-state index contributed by atoms with van der Waals surface area (Å²) >= 11 is 3.35. The first-order chi connectivity index (χ1) is 44.4. The van der Waals surface area contributed by atoms with Crippen LogP contribution in [0.1, 0.15) is 160 Å². The SMILES string of the molecule is C1CCCC1.CC(C1CCCC1[PH+](C1CCCCC1)C1CCCCC1)P(c1ccccc1)c1ccccc1.COc1c[c-]ccc1.COc1cccc(-c2cccc(C)c2)c1.COc1cccc(C2(C)CCN(PPC)C2=O)c1.CPPN1CCC(C)C1=O.[CH3-].[CH3-].[Cl][Ni].[Fe+2]. The quantitative estimate of drug-likeness (QED) is 0.0549. The Bertz CT molecular complexity index is 2900. The van der Waals surface area contributed by atoms with Crippen LogP contribution in [0.5, 0.6) is 17.2 Å². The normalized spacial score (nSPS) is 20.6. The van der Waals surface area contributed by atoms with E-state index < -0.39 is 0 Å². The molecule has 4 aliphatic carbocycles. The van der Waals surface area contributed by atoms with Gasteiger partial charge in [-0.3, -0.25) is 9.59 Å². The second-order valence-corrected chi connectivity index (χ2v) is 38.0. The molecule has 2 amide bonds. The van der Waals surface area contributed by atoms with Crippen molar-refractivity contribution in [1.29, 1.82) is 0 Å². The number of nitrogens with zero attached hydrogens (tertiary/aromatic N) is 2. The Kier molecular flexibility index (Phi) is 44.1. The van der Waals surface area contributed by atoms with E-state index in [1.807, 2.05) is 77.8 Å². The fraction of sp³-hybridized carbons (Fsp3) is 0.487. The third kappa shape index (κ3) is 26.9. The minimum Gasteiger partial charge on any atom is 2.00 e. The van der Waals surface area contributed by atoms with Gasteiger partial charge in [0, 0.05) is 55.4 Å². The topological polar surface area (TPSA) is 68.3 Å². The zero-order valence-corrected chi connectivity index (χ0v) is 67.2. The molecule has 6 aromatic rings. The third-order valence-corrected chi connectivity index (χ3v) is 31.4. The molecule has 6 aliphatic rings. The predicted octanol–water partition coefficient (Wildman–Crippen LogP) is 21.9. The average molecular weight is 1500 g/mol. The largest absolute Gasteiger partial charge is 2.00 e. The molecular weight excluding hydrogens is 1380 g/mol. The number of methoxy groups -OCH3 is 3. The maximum atomic E-state index is 12.5. The third-order valence-electron chi connectivity index (χ3n) is 19.1. The molecule has 2 saturated heterocycles. The fourth-order valence-electron chi connectivity index (χ4n) is 14.2. The van der Waals surface area contributed by atoms with Gasteiger partial charge in [0.15, 0.2) is 0 Å². The number of halogens is 1. The van der Waals surface area contributed by atoms with E-state index in [2.05, 4.69) is 155 Å². The van der Waals surface area contributed by atoms with Crippen LogP contribution in [0.3, 0.4) is 0 Å². The Balaban J connectivity index is 0.000000321. The van der Waals surface area contributed by atoms with Crippen molar-refractivity contribution >= 4 is 81.8 Å². The zero-order chi connectivity index (χ0) is 65.2. The van der Waals surface area contributed by atoms with Gasteiger partial charge in [0.25, 0.3) is 0 Å². The summed E-state index contributed by atoms with van der Waals surface area (Å²) in [4.78, 5) is 23.7. The van der Waals surface area contributed by atoms with Gasteiger partial charge in [-0.05, 0) is 176 Å². The molecule has 12 rings (SSSR count). The summed E-state index contributed by atoms with van der Waals surface area (Å²) in [5.41, 5.74) is 8.52. The molecule has 2 aliphatic heterocycles. The van der Waals surface area contributed by atoms with Crippen LogP contribution in [0.4, 0.5) is 0 Å². The number of benzene rings is 6. The monoisotopic (exact) mass is 1490 g/mol. The summed E-state index contributed by atoms with van der Waals surface area (Å²) in [5, 5.41) is 3.20. The van der Waals surface area contributed by atoms with Gasteiger partial charge >= 0.3 is 41.8 Å². The maximum absolute atomic E-state index is 12.5. The molecule has 9 unspecified atom stereocenters. The zero-order valence-electron chi connectivity index (χ0n) is 58.5. The smallest absolute Gasteiger partial charge is 2.00 e. The Labute approximate surface area is 603 Å². The number of carbonyl (C=O) groups excluding carboxylic acids is 2. The van der Waals surface area contributed by atoms with Gasteiger partial charge in [-0.25, -0.2) is 0 Å². The van der Waals surface area contributed by atoms with Crippen molar-refractivity contribution in [3.8, 4) is 28.4 Å². The number of amides is 2. The van der Waals surface area contributed by atoms with Gasteiger partial charge in [-0.15, -0.1) is 12.1 Å². The standard InChI is InChI=1S/C31H44P2.C14H14O.C13H19NO2P2.C7H7O.C6H13NOP2.C5H10.2CH3.ClH.Fe.Ni/c1-25(32(26-15-6-2-7-16-26)27-17-8-3-9-18-27)30-23-14-24-31(30)33(28-19-10-4-11-20-28)29-21-12-5-13-22-29;1-11-5-3-6-12(9-11)13-7-4-8-14(10-13)15-2;1-13(7-8-14(12(13)15)18-17-3)10-5-4-6-11(9-10)16-2;1-8-7-5-3-2-4-6-7;1-5-3-4-7(6(5)8)10-9-2;1-2-4-5-3-1;;;;;/h2-3,6-9,15-18,25,28-31H,4-5,10-14,19-24H2,1H3;3-10H,1-2H3;4-6,9,17-18H,7-8H2,1-3H3;2-3,5-6H,1H3;5,9-10H,3-4H2,1-2H3;1-5H2;2*1H3;1H;;/q;;;-1;;;2*-1;;+2;+1. The molecule has 0 aromatic heterocycles. The van der Waals surface area contributed by atoms with Gasteiger partial charge < -0.3 is 38.4 Å². The molecule has 0 radical (unpaired) electrons. The number of aryl methyl sites for hydroxylation is 1. The van der Waals surface area contributed by atoms with Gasteiger partial charge in [0.2, 0.25) is 11.8 Å². The molecule has 9 atom stereocenters. The summed E-state index contributed by atoms with van der Waals surface area (Å²) in [7, 11) is 11.8. The molecule has 2 heterocycles. The van der Waals surface area contributed by atoms with E-state index in [0.29, 0.717) is 20.2 Å². The van der Waals surface area contributed by atoms with E-state index in [1.165, 1.54) is 100 Å². The predicted molar refractivity (Wildman–Crippen MR) is 416 cm³/mol. The second-order valence-electron chi connectivity index (χ2n) is 25.1. The summed E-state index contributed by atoms with van der Waals surface area (Å²) in [6.07, 6.45) is 29.5. The van der Waals surface area contributed by atoms with Crippen molar-refractivity contribution in [3.63, 3.8) is 0 Å². The Hall–Kier alpha value is -2.46. The van der Waals surface area contributed by atoms with Crippen molar-refractivity contribution < 1.29 is 55.4 Å². The molecule has 521 valence electrons. The molecule has 6 fully saturated rings. The number of ether oxygens (including phenoxy) is 3. The van der Waals surface area contributed by atoms with Crippen molar-refractivity contribution in [2.45, 2.75) is 184 Å². The van der Waals surface area contributed by atoms with Gasteiger partial charge in [-0.1, -0.05) is 190 Å². The summed E-state index contributed by atoms with van der Waals surface area (Å²) in [6.45, 7) is 15.0. The summed E-state index contributed by atoms with van der Waals surface area (Å²) < 4.78 is 19.4. The number of hydrogen-bond donors (Lipinski definition) is 0.